The Labute approximate surface area is 296 Å². The SMILES string of the molecule is C=CC(=O)O.CCN.I[I-]I.OC(CN(Cc1ccccn1)Cc1ccccn1)CN(Cc1ccccn1)Cc1ccccn1. The summed E-state index contributed by atoms with van der Waals surface area (Å²) in [5, 5.41) is 18.7. The minimum absolute atomic E-state index is 0.494. The number of aliphatic hydroxyl groups excluding tert-OH is 1. The summed E-state index contributed by atoms with van der Waals surface area (Å²) in [6.45, 7) is 9.14. The van der Waals surface area contributed by atoms with Crippen molar-refractivity contribution in [1.29, 1.82) is 0 Å². The minimum atomic E-state index is -0.981. The number of rotatable bonds is 13. The largest absolute Gasteiger partial charge is 0.390 e. The molecule has 0 aliphatic rings. The van der Waals surface area contributed by atoms with E-state index in [9.17, 15) is 9.90 Å². The van der Waals surface area contributed by atoms with Gasteiger partial charge in [0.25, 0.3) is 0 Å². The molecule has 244 valence electrons. The molecule has 4 aromatic heterocycles. The van der Waals surface area contributed by atoms with Crippen molar-refractivity contribution in [2.45, 2.75) is 39.2 Å². The predicted octanol–water partition coefficient (Wildman–Crippen LogP) is 2.33. The number of pyridine rings is 4. The summed E-state index contributed by atoms with van der Waals surface area (Å²) in [7, 11) is 0. The molecule has 0 aromatic carbocycles. The number of aromatic nitrogens is 4. The van der Waals surface area contributed by atoms with E-state index in [1.165, 1.54) is 0 Å². The van der Waals surface area contributed by atoms with E-state index in [-0.39, 0.29) is 0 Å². The van der Waals surface area contributed by atoms with Gasteiger partial charge >= 0.3 is 56.5 Å². The van der Waals surface area contributed by atoms with Gasteiger partial charge in [-0.2, -0.15) is 0 Å². The molecule has 0 spiro atoms. The van der Waals surface area contributed by atoms with E-state index in [2.05, 4.69) is 73.5 Å². The molecule has 10 nitrogen and oxygen atoms in total. The first-order chi connectivity index (χ1) is 21.8. The van der Waals surface area contributed by atoms with Gasteiger partial charge in [-0.05, 0) is 55.1 Å². The van der Waals surface area contributed by atoms with Gasteiger partial charge in [-0.3, -0.25) is 29.7 Å². The van der Waals surface area contributed by atoms with E-state index in [0.29, 0.717) is 52.5 Å². The average molecular weight is 952 g/mol. The van der Waals surface area contributed by atoms with Gasteiger partial charge in [-0.15, -0.1) is 0 Å². The van der Waals surface area contributed by atoms with Crippen LogP contribution in [-0.2, 0) is 31.0 Å². The van der Waals surface area contributed by atoms with Crippen molar-refractivity contribution in [3.8, 4) is 0 Å². The first-order valence-electron chi connectivity index (χ1n) is 14.0. The standard InChI is InChI=1S/C27H30N6O.C3H4O2.C2H7N.I3/c34-27(21-32(17-23-9-1-5-13-28-23)18-24-10-2-6-14-29-24)22-33(19-25-11-3-7-15-30-25)20-26-12-4-8-16-31-26;1-2-3(4)5;1-2-3;1-3-2/h1-16,27,34H,17-22H2;2H,1H2,(H,4,5);2-3H2,1H3;/q;;;-1. The fourth-order valence-corrected chi connectivity index (χ4v) is 3.91. The third kappa shape index (κ3) is 21.3. The Morgan fingerprint density at radius 1 is 0.778 bits per heavy atom. The summed E-state index contributed by atoms with van der Waals surface area (Å²) in [6, 6.07) is 23.6. The summed E-state index contributed by atoms with van der Waals surface area (Å²) in [6.07, 6.45) is 7.45. The number of hydrogen-bond acceptors (Lipinski definition) is 9. The van der Waals surface area contributed by atoms with Crippen LogP contribution in [0.15, 0.2) is 110 Å². The van der Waals surface area contributed by atoms with Gasteiger partial charge in [-0.1, -0.05) is 37.8 Å². The number of halogens is 3. The van der Waals surface area contributed by atoms with Crippen LogP contribution in [0.2, 0.25) is 0 Å². The molecule has 45 heavy (non-hydrogen) atoms. The van der Waals surface area contributed by atoms with Gasteiger partial charge in [0.2, 0.25) is 0 Å². The minimum Gasteiger partial charge on any atom is -0.390 e. The zero-order valence-corrected chi connectivity index (χ0v) is 31.7. The number of aliphatic hydroxyl groups is 1. The molecule has 0 atom stereocenters. The second kappa shape index (κ2) is 27.0. The second-order valence-electron chi connectivity index (χ2n) is 9.28. The van der Waals surface area contributed by atoms with Crippen molar-refractivity contribution in [3.63, 3.8) is 0 Å². The Balaban J connectivity index is 0.000000801. The molecule has 0 fully saturated rings. The van der Waals surface area contributed by atoms with E-state index >= 15 is 0 Å². The maximum atomic E-state index is 11.1. The average Bonchev–Trinajstić information content (AvgIpc) is 3.04. The van der Waals surface area contributed by atoms with Gasteiger partial charge in [-0.25, -0.2) is 4.79 Å². The summed E-state index contributed by atoms with van der Waals surface area (Å²) in [5.41, 5.74) is 8.70. The van der Waals surface area contributed by atoms with Gasteiger partial charge in [0.15, 0.2) is 0 Å². The van der Waals surface area contributed by atoms with Crippen LogP contribution in [0.25, 0.3) is 0 Å². The molecule has 0 aliphatic carbocycles. The van der Waals surface area contributed by atoms with E-state index in [0.717, 1.165) is 35.4 Å². The summed E-state index contributed by atoms with van der Waals surface area (Å²) < 4.78 is 0. The maximum absolute atomic E-state index is 11.1. The van der Waals surface area contributed by atoms with Crippen LogP contribution < -0.4 is 19.0 Å². The molecule has 4 aromatic rings. The molecule has 4 rings (SSSR count). The van der Waals surface area contributed by atoms with Crippen molar-refractivity contribution in [3.05, 3.63) is 133 Å². The molecule has 0 radical (unpaired) electrons. The van der Waals surface area contributed by atoms with Crippen LogP contribution in [0.5, 0.6) is 0 Å². The predicted molar refractivity (Wildman–Crippen MR) is 192 cm³/mol. The smallest absolute Gasteiger partial charge is 0.0794 e. The molecule has 4 N–H and O–H groups in total. The number of aliphatic carboxylic acids is 1. The van der Waals surface area contributed by atoms with Gasteiger partial charge in [0.1, 0.15) is 0 Å². The molecule has 4 heterocycles. The molecular formula is C32H41I3N7O3-. The van der Waals surface area contributed by atoms with E-state index in [1.54, 1.807) is 24.8 Å². The zero-order chi connectivity index (χ0) is 33.1. The van der Waals surface area contributed by atoms with Crippen molar-refractivity contribution in [1.82, 2.24) is 29.7 Å². The Morgan fingerprint density at radius 3 is 1.20 bits per heavy atom. The first-order valence-corrected chi connectivity index (χ1v) is 26.6. The van der Waals surface area contributed by atoms with E-state index in [4.69, 9.17) is 10.8 Å². The number of nitrogens with two attached hydrogens (primary N) is 1. The Hall–Kier alpha value is -2.16. The van der Waals surface area contributed by atoms with Crippen LogP contribution in [0.3, 0.4) is 0 Å². The normalized spacial score (nSPS) is 10.2. The van der Waals surface area contributed by atoms with Crippen LogP contribution in [0.4, 0.5) is 0 Å². The molecule has 0 unspecified atom stereocenters. The van der Waals surface area contributed by atoms with Crippen molar-refractivity contribution >= 4 is 43.2 Å². The summed E-state index contributed by atoms with van der Waals surface area (Å²) in [4.78, 5) is 31.5. The summed E-state index contributed by atoms with van der Waals surface area (Å²) >= 11 is 5.30. The van der Waals surface area contributed by atoms with Crippen molar-refractivity contribution in [2.24, 2.45) is 5.73 Å². The fraction of sp³-hybridized carbons (Fsp3) is 0.281. The number of hydrogen-bond donors (Lipinski definition) is 3. The third-order valence-electron chi connectivity index (χ3n) is 5.56. The van der Waals surface area contributed by atoms with Crippen LogP contribution in [0.1, 0.15) is 29.7 Å². The van der Waals surface area contributed by atoms with E-state index < -0.39 is 12.1 Å². The quantitative estimate of drug-likeness (QED) is 0.135. The Kier molecular flexibility index (Phi) is 24.5. The molecule has 0 saturated carbocycles. The number of carboxylic acid groups (broad SMARTS) is 1. The van der Waals surface area contributed by atoms with Crippen LogP contribution in [-0.4, -0.2) is 71.7 Å². The van der Waals surface area contributed by atoms with Gasteiger partial charge in [0, 0.05) is 70.1 Å². The number of nitrogens with zero attached hydrogens (tertiary/aromatic N) is 6. The van der Waals surface area contributed by atoms with Gasteiger partial charge in [0.05, 0.1) is 28.9 Å². The van der Waals surface area contributed by atoms with Crippen LogP contribution in [0, 0.1) is 0 Å². The van der Waals surface area contributed by atoms with Crippen LogP contribution >= 0.6 is 37.2 Å². The summed E-state index contributed by atoms with van der Waals surface area (Å²) in [5.74, 6) is -0.981. The number of carboxylic acids is 1. The zero-order valence-electron chi connectivity index (χ0n) is 25.2. The Morgan fingerprint density at radius 2 is 1.02 bits per heavy atom. The molecular weight excluding hydrogens is 911 g/mol. The maximum Gasteiger partial charge on any atom is 0.0794 e. The third-order valence-corrected chi connectivity index (χ3v) is 5.56. The van der Waals surface area contributed by atoms with Crippen molar-refractivity contribution < 1.29 is 28.3 Å². The van der Waals surface area contributed by atoms with E-state index in [1.807, 2.05) is 79.7 Å². The topological polar surface area (TPSA) is 142 Å². The van der Waals surface area contributed by atoms with Crippen molar-refractivity contribution in [2.75, 3.05) is 19.6 Å². The molecule has 0 aliphatic heterocycles. The van der Waals surface area contributed by atoms with Gasteiger partial charge < -0.3 is 15.9 Å². The number of carbonyl (C=O) groups is 1. The second-order valence-corrected chi connectivity index (χ2v) is 25.5. The first kappa shape index (κ1) is 40.9. The molecule has 0 amide bonds. The molecule has 13 heteroatoms. The molecule has 0 bridgehead atoms. The fourth-order valence-electron chi connectivity index (χ4n) is 3.91. The monoisotopic (exact) mass is 952 g/mol. The Bertz CT molecular complexity index is 1110. The molecule has 0 saturated heterocycles.